The van der Waals surface area contributed by atoms with Crippen molar-refractivity contribution in [3.8, 4) is 0 Å². The predicted molar refractivity (Wildman–Crippen MR) is 74.9 cm³/mol. The molecule has 1 aromatic carbocycles. The molecule has 0 aliphatic carbocycles. The van der Waals surface area contributed by atoms with Crippen LogP contribution in [0.3, 0.4) is 0 Å². The molecule has 1 aliphatic rings. The first-order chi connectivity index (χ1) is 8.66. The lowest BCUT2D eigenvalue weighted by molar-refractivity contribution is 0.0953. The molecular weight excluding hydrogens is 294 g/mol. The predicted octanol–water partition coefficient (Wildman–Crippen LogP) is 3.01. The Labute approximate surface area is 116 Å². The zero-order valence-electron chi connectivity index (χ0n) is 10.5. The first-order valence-electron chi connectivity index (χ1n) is 6.28. The lowest BCUT2D eigenvalue weighted by atomic mass is 10.1. The summed E-state index contributed by atoms with van der Waals surface area (Å²) in [6, 6.07) is 5.79. The van der Waals surface area contributed by atoms with Gasteiger partial charge in [0, 0.05) is 16.9 Å². The summed E-state index contributed by atoms with van der Waals surface area (Å²) in [6.45, 7) is 4.13. The highest BCUT2D eigenvalue weighted by atomic mass is 79.9. The van der Waals surface area contributed by atoms with Crippen LogP contribution < -0.4 is 5.32 Å². The Bertz CT molecular complexity index is 432. The van der Waals surface area contributed by atoms with E-state index in [0.717, 1.165) is 30.5 Å². The van der Waals surface area contributed by atoms with E-state index < -0.39 is 0 Å². The molecule has 4 heteroatoms. The van der Waals surface area contributed by atoms with Crippen molar-refractivity contribution < 1.29 is 9.53 Å². The highest BCUT2D eigenvalue weighted by Crippen LogP contribution is 2.20. The van der Waals surface area contributed by atoms with Gasteiger partial charge in [0.15, 0.2) is 0 Å². The number of carbonyl (C=O) groups is 1. The van der Waals surface area contributed by atoms with Crippen LogP contribution in [0.15, 0.2) is 18.2 Å². The molecule has 0 radical (unpaired) electrons. The molecule has 2 rings (SSSR count). The van der Waals surface area contributed by atoms with Crippen LogP contribution in [0.5, 0.6) is 0 Å². The molecule has 18 heavy (non-hydrogen) atoms. The molecule has 1 aliphatic heterocycles. The maximum absolute atomic E-state index is 11.9. The molecular formula is C14H18BrNO2. The summed E-state index contributed by atoms with van der Waals surface area (Å²) in [5.74, 6) is 0.00641. The van der Waals surface area contributed by atoms with Gasteiger partial charge in [-0.1, -0.05) is 28.9 Å². The van der Waals surface area contributed by atoms with Crippen LogP contribution in [-0.4, -0.2) is 17.3 Å². The van der Waals surface area contributed by atoms with Crippen LogP contribution in [-0.2, 0) is 18.0 Å². The number of fused-ring (bicyclic) bond motifs is 1. The van der Waals surface area contributed by atoms with E-state index in [1.165, 1.54) is 5.56 Å². The largest absolute Gasteiger partial charge is 0.372 e. The number of amides is 1. The molecule has 0 fully saturated rings. The van der Waals surface area contributed by atoms with Crippen molar-refractivity contribution in [2.24, 2.45) is 0 Å². The van der Waals surface area contributed by atoms with Gasteiger partial charge in [0.1, 0.15) is 0 Å². The Morgan fingerprint density at radius 2 is 2.22 bits per heavy atom. The number of ether oxygens (including phenoxy) is 1. The van der Waals surface area contributed by atoms with Gasteiger partial charge in [0.05, 0.1) is 13.2 Å². The van der Waals surface area contributed by atoms with Crippen LogP contribution in [0.25, 0.3) is 0 Å². The van der Waals surface area contributed by atoms with Crippen molar-refractivity contribution in [2.45, 2.75) is 37.8 Å². The molecule has 1 unspecified atom stereocenters. The monoisotopic (exact) mass is 311 g/mol. The third-order valence-corrected chi connectivity index (χ3v) is 3.51. The van der Waals surface area contributed by atoms with Crippen LogP contribution in [0.1, 0.15) is 41.3 Å². The fourth-order valence-corrected chi connectivity index (χ4v) is 2.32. The average Bonchev–Trinajstić information content (AvgIpc) is 2.81. The van der Waals surface area contributed by atoms with E-state index in [0.29, 0.717) is 18.0 Å². The summed E-state index contributed by atoms with van der Waals surface area (Å²) >= 11 is 3.49. The zero-order valence-corrected chi connectivity index (χ0v) is 12.1. The third-order valence-electron chi connectivity index (χ3n) is 3.05. The number of hydrogen-bond acceptors (Lipinski definition) is 2. The molecule has 0 aromatic heterocycles. The number of hydrogen-bond donors (Lipinski definition) is 1. The summed E-state index contributed by atoms with van der Waals surface area (Å²) in [6.07, 6.45) is 2.06. The van der Waals surface area contributed by atoms with Gasteiger partial charge in [-0.15, -0.1) is 0 Å². The SMILES string of the molecule is CC(Br)CCCNC(=O)c1ccc2c(c1)COC2. The number of carbonyl (C=O) groups excluding carboxylic acids is 1. The average molecular weight is 312 g/mol. The Balaban J connectivity index is 1.85. The van der Waals surface area contributed by atoms with Crippen molar-refractivity contribution in [2.75, 3.05) is 6.54 Å². The third kappa shape index (κ3) is 3.56. The second kappa shape index (κ2) is 6.34. The van der Waals surface area contributed by atoms with E-state index in [-0.39, 0.29) is 5.91 Å². The van der Waals surface area contributed by atoms with Crippen LogP contribution in [0.2, 0.25) is 0 Å². The molecule has 98 valence electrons. The maximum atomic E-state index is 11.9. The van der Waals surface area contributed by atoms with Crippen LogP contribution in [0, 0.1) is 0 Å². The van der Waals surface area contributed by atoms with Crippen molar-refractivity contribution in [3.05, 3.63) is 34.9 Å². The summed E-state index contributed by atoms with van der Waals surface area (Å²) in [4.78, 5) is 12.4. The molecule has 1 atom stereocenters. The fourth-order valence-electron chi connectivity index (χ4n) is 2.00. The minimum atomic E-state index is 0.00641. The number of halogens is 1. The lowest BCUT2D eigenvalue weighted by Gasteiger charge is -2.07. The molecule has 1 heterocycles. The highest BCUT2D eigenvalue weighted by Gasteiger charge is 2.13. The molecule has 0 spiro atoms. The summed E-state index contributed by atoms with van der Waals surface area (Å²) in [7, 11) is 0. The molecule has 1 aromatic rings. The van der Waals surface area contributed by atoms with Gasteiger partial charge < -0.3 is 10.1 Å². The Hall–Kier alpha value is -0.870. The maximum Gasteiger partial charge on any atom is 0.251 e. The first-order valence-corrected chi connectivity index (χ1v) is 7.20. The molecule has 0 saturated heterocycles. The Morgan fingerprint density at radius 3 is 3.00 bits per heavy atom. The zero-order chi connectivity index (χ0) is 13.0. The van der Waals surface area contributed by atoms with Crippen LogP contribution in [0.4, 0.5) is 0 Å². The van der Waals surface area contributed by atoms with Crippen LogP contribution >= 0.6 is 15.9 Å². The summed E-state index contributed by atoms with van der Waals surface area (Å²) in [5.41, 5.74) is 3.06. The van der Waals surface area contributed by atoms with Crippen molar-refractivity contribution in [3.63, 3.8) is 0 Å². The number of rotatable bonds is 5. The van der Waals surface area contributed by atoms with E-state index in [9.17, 15) is 4.79 Å². The van der Waals surface area contributed by atoms with E-state index >= 15 is 0 Å². The summed E-state index contributed by atoms with van der Waals surface area (Å²) in [5, 5.41) is 2.94. The Morgan fingerprint density at radius 1 is 1.44 bits per heavy atom. The second-order valence-corrected chi connectivity index (χ2v) is 6.22. The van der Waals surface area contributed by atoms with Crippen molar-refractivity contribution in [1.82, 2.24) is 5.32 Å². The topological polar surface area (TPSA) is 38.3 Å². The first kappa shape index (κ1) is 13.6. The quantitative estimate of drug-likeness (QED) is 0.670. The minimum Gasteiger partial charge on any atom is -0.372 e. The Kier molecular flexibility index (Phi) is 4.78. The highest BCUT2D eigenvalue weighted by molar-refractivity contribution is 9.09. The normalized spacial score (nSPS) is 15.2. The van der Waals surface area contributed by atoms with Crippen molar-refractivity contribution >= 4 is 21.8 Å². The number of benzene rings is 1. The van der Waals surface area contributed by atoms with E-state index in [4.69, 9.17) is 4.74 Å². The van der Waals surface area contributed by atoms with Gasteiger partial charge in [-0.05, 0) is 36.1 Å². The van der Waals surface area contributed by atoms with E-state index in [1.807, 2.05) is 18.2 Å². The lowest BCUT2D eigenvalue weighted by Crippen LogP contribution is -2.24. The van der Waals surface area contributed by atoms with Gasteiger partial charge >= 0.3 is 0 Å². The summed E-state index contributed by atoms with van der Waals surface area (Å²) < 4.78 is 5.34. The number of alkyl halides is 1. The van der Waals surface area contributed by atoms with E-state index in [1.54, 1.807) is 0 Å². The fraction of sp³-hybridized carbons (Fsp3) is 0.500. The standard InChI is InChI=1S/C14H18BrNO2/c1-10(15)3-2-6-16-14(17)11-4-5-12-8-18-9-13(12)7-11/h4-5,7,10H,2-3,6,8-9H2,1H3,(H,16,17). The van der Waals surface area contributed by atoms with E-state index in [2.05, 4.69) is 28.2 Å². The van der Waals surface area contributed by atoms with Gasteiger partial charge in [0.2, 0.25) is 0 Å². The van der Waals surface area contributed by atoms with Gasteiger partial charge in [-0.25, -0.2) is 0 Å². The smallest absolute Gasteiger partial charge is 0.251 e. The molecule has 0 saturated carbocycles. The van der Waals surface area contributed by atoms with Gasteiger partial charge in [0.25, 0.3) is 5.91 Å². The molecule has 3 nitrogen and oxygen atoms in total. The van der Waals surface area contributed by atoms with Gasteiger partial charge in [-0.2, -0.15) is 0 Å². The molecule has 1 amide bonds. The second-order valence-electron chi connectivity index (χ2n) is 4.66. The van der Waals surface area contributed by atoms with Gasteiger partial charge in [-0.3, -0.25) is 4.79 Å². The molecule has 0 bridgehead atoms. The minimum absolute atomic E-state index is 0.00641. The number of nitrogens with one attached hydrogen (secondary N) is 1. The van der Waals surface area contributed by atoms with Crippen molar-refractivity contribution in [1.29, 1.82) is 0 Å². The molecule has 1 N–H and O–H groups in total.